The third kappa shape index (κ3) is 3.02. The number of sulfonamides is 1. The van der Waals surface area contributed by atoms with Gasteiger partial charge in [0.1, 0.15) is 11.0 Å². The predicted octanol–water partition coefficient (Wildman–Crippen LogP) is -0.0519. The quantitative estimate of drug-likeness (QED) is 0.759. The summed E-state index contributed by atoms with van der Waals surface area (Å²) in [5.41, 5.74) is 5.79. The minimum atomic E-state index is -3.93. The van der Waals surface area contributed by atoms with Crippen molar-refractivity contribution in [2.24, 2.45) is 0 Å². The Morgan fingerprint density at radius 2 is 2.10 bits per heavy atom. The molecule has 1 aliphatic heterocycles. The van der Waals surface area contributed by atoms with Gasteiger partial charge in [0.05, 0.1) is 17.1 Å². The van der Waals surface area contributed by atoms with Crippen molar-refractivity contribution in [1.29, 1.82) is 5.26 Å². The maximum absolute atomic E-state index is 12.6. The third-order valence-corrected chi connectivity index (χ3v) is 7.19. The number of benzene rings is 1. The molecule has 1 aliphatic rings. The van der Waals surface area contributed by atoms with Gasteiger partial charge in [-0.15, -0.1) is 0 Å². The summed E-state index contributed by atoms with van der Waals surface area (Å²) >= 11 is 0. The van der Waals surface area contributed by atoms with Gasteiger partial charge in [-0.2, -0.15) is 9.57 Å². The van der Waals surface area contributed by atoms with Gasteiger partial charge in [0.15, 0.2) is 9.84 Å². The molecule has 1 aromatic rings. The third-order valence-electron chi connectivity index (χ3n) is 3.32. The van der Waals surface area contributed by atoms with Crippen LogP contribution >= 0.6 is 0 Å². The number of nitriles is 1. The Morgan fingerprint density at radius 1 is 1.43 bits per heavy atom. The molecule has 0 spiro atoms. The van der Waals surface area contributed by atoms with Gasteiger partial charge in [0.25, 0.3) is 0 Å². The molecule has 1 fully saturated rings. The minimum absolute atomic E-state index is 0.0457. The van der Waals surface area contributed by atoms with Gasteiger partial charge in [-0.25, -0.2) is 16.8 Å². The highest BCUT2D eigenvalue weighted by Crippen LogP contribution is 2.25. The average Bonchev–Trinajstić information content (AvgIpc) is 2.36. The topological polar surface area (TPSA) is 121 Å². The maximum atomic E-state index is 12.6. The van der Waals surface area contributed by atoms with E-state index in [4.69, 9.17) is 11.0 Å². The van der Waals surface area contributed by atoms with Gasteiger partial charge in [-0.1, -0.05) is 0 Å². The lowest BCUT2D eigenvalue weighted by atomic mass is 10.2. The van der Waals surface area contributed by atoms with Gasteiger partial charge in [0.2, 0.25) is 10.0 Å². The molecule has 1 heterocycles. The second-order valence-corrected chi connectivity index (χ2v) is 9.03. The summed E-state index contributed by atoms with van der Waals surface area (Å²) in [5.74, 6) is -0.434. The van der Waals surface area contributed by atoms with Crippen LogP contribution in [0.5, 0.6) is 0 Å². The molecule has 0 aliphatic carbocycles. The number of hydrogen-bond donors (Lipinski definition) is 1. The summed E-state index contributed by atoms with van der Waals surface area (Å²) in [7, 11) is -7.15. The smallest absolute Gasteiger partial charge is 0.244 e. The Kier molecular flexibility index (Phi) is 3.97. The maximum Gasteiger partial charge on any atom is 0.244 e. The van der Waals surface area contributed by atoms with Crippen molar-refractivity contribution in [3.05, 3.63) is 23.8 Å². The molecule has 2 rings (SSSR count). The highest BCUT2D eigenvalue weighted by atomic mass is 32.2. The van der Waals surface area contributed by atoms with Crippen molar-refractivity contribution in [3.63, 3.8) is 0 Å². The second kappa shape index (κ2) is 5.29. The SMILES string of the molecule is CC1CS(=O)(=O)CCN1S(=O)(=O)c1ccc(N)cc1C#N. The summed E-state index contributed by atoms with van der Waals surface area (Å²) < 4.78 is 49.5. The molecule has 1 atom stereocenters. The van der Waals surface area contributed by atoms with E-state index in [0.717, 1.165) is 4.31 Å². The summed E-state index contributed by atoms with van der Waals surface area (Å²) in [6.07, 6.45) is 0. The largest absolute Gasteiger partial charge is 0.399 e. The lowest BCUT2D eigenvalue weighted by Crippen LogP contribution is -2.49. The van der Waals surface area contributed by atoms with Gasteiger partial charge in [0, 0.05) is 18.3 Å². The van der Waals surface area contributed by atoms with Crippen LogP contribution in [0.15, 0.2) is 23.1 Å². The lowest BCUT2D eigenvalue weighted by Gasteiger charge is -2.32. The fraction of sp³-hybridized carbons (Fsp3) is 0.417. The number of hydrogen-bond acceptors (Lipinski definition) is 6. The summed E-state index contributed by atoms with van der Waals surface area (Å²) in [6.45, 7) is 1.43. The van der Waals surface area contributed by atoms with E-state index in [9.17, 15) is 16.8 Å². The molecule has 0 amide bonds. The zero-order valence-corrected chi connectivity index (χ0v) is 13.0. The van der Waals surface area contributed by atoms with E-state index in [2.05, 4.69) is 0 Å². The average molecular weight is 329 g/mol. The van der Waals surface area contributed by atoms with Crippen LogP contribution in [-0.2, 0) is 19.9 Å². The Bertz CT molecular complexity index is 809. The van der Waals surface area contributed by atoms with Gasteiger partial charge in [-0.3, -0.25) is 0 Å². The van der Waals surface area contributed by atoms with Gasteiger partial charge < -0.3 is 5.73 Å². The van der Waals surface area contributed by atoms with Crippen LogP contribution in [0.25, 0.3) is 0 Å². The molecule has 7 nitrogen and oxygen atoms in total. The Labute approximate surface area is 123 Å². The fourth-order valence-corrected chi connectivity index (χ4v) is 5.85. The first-order valence-electron chi connectivity index (χ1n) is 6.19. The van der Waals surface area contributed by atoms with Crippen LogP contribution in [0.2, 0.25) is 0 Å². The lowest BCUT2D eigenvalue weighted by molar-refractivity contribution is 0.356. The number of nitrogens with zero attached hydrogens (tertiary/aromatic N) is 2. The molecule has 1 aromatic carbocycles. The minimum Gasteiger partial charge on any atom is -0.399 e. The monoisotopic (exact) mass is 329 g/mol. The number of nitrogen functional groups attached to an aromatic ring is 1. The van der Waals surface area contributed by atoms with Gasteiger partial charge >= 0.3 is 0 Å². The van der Waals surface area contributed by atoms with E-state index in [1.54, 1.807) is 0 Å². The number of nitrogens with two attached hydrogens (primary N) is 1. The van der Waals surface area contributed by atoms with Crippen LogP contribution in [0, 0.1) is 11.3 Å². The van der Waals surface area contributed by atoms with Crippen LogP contribution < -0.4 is 5.73 Å². The van der Waals surface area contributed by atoms with Crippen molar-refractivity contribution in [1.82, 2.24) is 4.31 Å². The Hall–Kier alpha value is -1.63. The van der Waals surface area contributed by atoms with E-state index in [1.165, 1.54) is 25.1 Å². The molecular weight excluding hydrogens is 314 g/mol. The zero-order valence-electron chi connectivity index (χ0n) is 11.4. The first kappa shape index (κ1) is 15.8. The first-order chi connectivity index (χ1) is 9.67. The molecule has 0 saturated carbocycles. The van der Waals surface area contributed by atoms with E-state index in [0.29, 0.717) is 5.69 Å². The van der Waals surface area contributed by atoms with Crippen molar-refractivity contribution in [2.75, 3.05) is 23.8 Å². The van der Waals surface area contributed by atoms with E-state index >= 15 is 0 Å². The molecule has 1 saturated heterocycles. The van der Waals surface area contributed by atoms with Crippen molar-refractivity contribution in [2.45, 2.75) is 17.9 Å². The molecule has 114 valence electrons. The Balaban J connectivity index is 2.47. The van der Waals surface area contributed by atoms with E-state index in [-0.39, 0.29) is 28.5 Å². The standard InChI is InChI=1S/C12H15N3O4S2/c1-9-8-20(16,17)5-4-15(9)21(18,19)12-3-2-11(14)6-10(12)7-13/h2-3,6,9H,4-5,8,14H2,1H3. The van der Waals surface area contributed by atoms with E-state index in [1.807, 2.05) is 6.07 Å². The number of rotatable bonds is 2. The molecule has 0 aromatic heterocycles. The molecule has 9 heteroatoms. The normalized spacial score (nSPS) is 22.6. The van der Waals surface area contributed by atoms with Crippen molar-refractivity contribution < 1.29 is 16.8 Å². The van der Waals surface area contributed by atoms with Crippen LogP contribution in [0.1, 0.15) is 12.5 Å². The predicted molar refractivity (Wildman–Crippen MR) is 77.6 cm³/mol. The summed E-state index contributed by atoms with van der Waals surface area (Å²) in [5, 5.41) is 9.07. The van der Waals surface area contributed by atoms with Crippen LogP contribution in [0.4, 0.5) is 5.69 Å². The molecule has 0 radical (unpaired) electrons. The zero-order chi connectivity index (χ0) is 15.8. The van der Waals surface area contributed by atoms with E-state index < -0.39 is 25.9 Å². The number of sulfone groups is 1. The molecule has 1 unspecified atom stereocenters. The molecular formula is C12H15N3O4S2. The summed E-state index contributed by atoms with van der Waals surface area (Å²) in [4.78, 5) is -0.148. The van der Waals surface area contributed by atoms with Crippen LogP contribution in [0.3, 0.4) is 0 Å². The highest BCUT2D eigenvalue weighted by Gasteiger charge is 2.37. The molecule has 0 bridgehead atoms. The first-order valence-corrected chi connectivity index (χ1v) is 9.45. The highest BCUT2D eigenvalue weighted by molar-refractivity contribution is 7.92. The Morgan fingerprint density at radius 3 is 2.67 bits per heavy atom. The molecule has 2 N–H and O–H groups in total. The van der Waals surface area contributed by atoms with Crippen LogP contribution in [-0.4, -0.2) is 45.2 Å². The number of anilines is 1. The van der Waals surface area contributed by atoms with Crippen molar-refractivity contribution >= 4 is 25.5 Å². The second-order valence-electron chi connectivity index (χ2n) is 4.95. The van der Waals surface area contributed by atoms with Crippen molar-refractivity contribution in [3.8, 4) is 6.07 Å². The molecule has 21 heavy (non-hydrogen) atoms. The fourth-order valence-electron chi connectivity index (χ4n) is 2.33. The van der Waals surface area contributed by atoms with Gasteiger partial charge in [-0.05, 0) is 25.1 Å². The summed E-state index contributed by atoms with van der Waals surface area (Å²) in [6, 6.07) is 5.11.